The molecule has 18 N–H and O–H groups in total. The van der Waals surface area contributed by atoms with E-state index < -0.39 is 230 Å². The first-order valence-electron chi connectivity index (χ1n) is 23.9. The maximum atomic E-state index is 13.2. The quantitative estimate of drug-likeness (QED) is 0.102. The van der Waals surface area contributed by atoms with Gasteiger partial charge in [-0.2, -0.15) is 0 Å². The largest absolute Gasteiger partial charge is 0.394 e. The van der Waals surface area contributed by atoms with Gasteiger partial charge in [0.1, 0.15) is 146 Å². The Kier molecular flexibility index (Phi) is 19.8. The van der Waals surface area contributed by atoms with Crippen molar-refractivity contribution in [2.45, 2.75) is 184 Å². The number of ether oxygens (including phenoxy) is 12. The molecule has 32 heteroatoms. The number of carbonyl (C=O) groups excluding carboxylic acids is 1. The lowest BCUT2D eigenvalue weighted by molar-refractivity contribution is -0.405. The van der Waals surface area contributed by atoms with Gasteiger partial charge in [0, 0.05) is 5.56 Å². The molecule has 1 amide bonds. The van der Waals surface area contributed by atoms with Crippen LogP contribution in [0.4, 0.5) is 0 Å². The Morgan fingerprint density at radius 2 is 0.587 bits per heavy atom. The SMILES string of the molecule is O=C(NO[C@@H]1[C@@H](O)[C@H]2O[C@H]3[C@H](O)[C@@H](O)[C@@H](O[C@H]4[C@H](O)[C@@H](O)[C@@H](O[C@H]5[C@H](O)[C@@H](O)[C@@H](O[C@H]6[C@H](O)[C@@H](O)[C@@H](O[C@H]7[C@H](O)[C@@H](O)[C@@H](O[C@H]1[C@@H](CO)O2)O[C@@H]7CO)O[C@@H]6CO)O[C@@H]5CO)O[C@@H]4CO)O[C@@H]3CO)c1ccccc1. The molecule has 0 aliphatic carbocycles. The van der Waals surface area contributed by atoms with Gasteiger partial charge in [0.15, 0.2) is 37.7 Å². The first-order chi connectivity index (χ1) is 35.9. The van der Waals surface area contributed by atoms with Gasteiger partial charge in [-0.3, -0.25) is 9.63 Å². The Hall–Kier alpha value is -2.51. The molecule has 22 fully saturated rings. The zero-order valence-electron chi connectivity index (χ0n) is 39.3. The van der Waals surface area contributed by atoms with E-state index in [0.717, 1.165) is 0 Å². The average Bonchev–Trinajstić information content (AvgIpc) is 3.41. The summed E-state index contributed by atoms with van der Waals surface area (Å²) in [6.45, 7) is -6.17. The molecule has 12 bridgehead atoms. The van der Waals surface area contributed by atoms with Crippen molar-refractivity contribution in [1.82, 2.24) is 5.48 Å². The van der Waals surface area contributed by atoms with Crippen molar-refractivity contribution in [2.24, 2.45) is 0 Å². The number of aliphatic hydroxyl groups is 17. The predicted molar refractivity (Wildman–Crippen MR) is 229 cm³/mol. The van der Waals surface area contributed by atoms with E-state index in [1.54, 1.807) is 6.07 Å². The van der Waals surface area contributed by atoms with E-state index in [-0.39, 0.29) is 5.56 Å². The van der Waals surface area contributed by atoms with Gasteiger partial charge < -0.3 is 144 Å². The molecule has 0 spiro atoms. The summed E-state index contributed by atoms with van der Waals surface area (Å²) in [6.07, 6.45) is -59.5. The van der Waals surface area contributed by atoms with E-state index in [2.05, 4.69) is 5.48 Å². The van der Waals surface area contributed by atoms with E-state index in [1.165, 1.54) is 24.3 Å². The molecule has 30 atom stereocenters. The Bertz CT molecular complexity index is 1940. The fraction of sp³-hybridized carbons (Fsp3) is 0.837. The first-order valence-corrected chi connectivity index (χ1v) is 23.9. The van der Waals surface area contributed by atoms with Gasteiger partial charge in [0.05, 0.1) is 39.6 Å². The highest BCUT2D eigenvalue weighted by Gasteiger charge is 2.59. The van der Waals surface area contributed by atoms with Gasteiger partial charge >= 0.3 is 0 Å². The van der Waals surface area contributed by atoms with Crippen LogP contribution in [0.2, 0.25) is 0 Å². The zero-order valence-corrected chi connectivity index (χ0v) is 39.3. The Labute approximate surface area is 424 Å². The van der Waals surface area contributed by atoms with Crippen LogP contribution in [0.15, 0.2) is 30.3 Å². The highest BCUT2D eigenvalue weighted by molar-refractivity contribution is 5.93. The monoisotopic (exact) mass is 1090 g/mol. The summed E-state index contributed by atoms with van der Waals surface area (Å²) in [5.41, 5.74) is 2.17. The molecular formula is C43H65NO31. The number of rotatable bonds is 9. The molecule has 22 aliphatic heterocycles. The number of carbonyl (C=O) groups is 1. The molecule has 1 aromatic carbocycles. The summed E-state index contributed by atoms with van der Waals surface area (Å²) >= 11 is 0. The molecule has 22 aliphatic rings. The van der Waals surface area contributed by atoms with E-state index in [0.29, 0.717) is 0 Å². The standard InChI is InChI=1S/C43H65NO31/c45-6-13-30-19(51)24(56)38(63-13)70-31-14(7-46)65-40(26(58)21(31)53)72-33-16(9-48)67-42(28(60)23(33)55)74-35-18(11-50)68-43(29(61)36(35)75-44-37(62)12-4-2-1-3-5-12)73-34-17(10-49)66-41(27(59)22(34)54)71-32-15(8-47)64-39(69-30)25(57)20(32)52/h1-5,13-36,38-43,45-61H,6-11H2,(H,44,62)/t13-,14-,15-,16-,17-,18-,19-,20-,21-,22-,23-,24-,25-,26-,27-,28-,29-,30-,31-,32-,33-,34-,35+,36-,38-,39-,40-,41-,42-,43-/m1/s1. The van der Waals surface area contributed by atoms with Crippen molar-refractivity contribution >= 4 is 5.91 Å². The molecule has 22 heterocycles. The van der Waals surface area contributed by atoms with Crippen molar-refractivity contribution < 1.29 is 153 Å². The number of aliphatic hydroxyl groups excluding tert-OH is 17. The fourth-order valence-corrected chi connectivity index (χ4v) is 9.82. The lowest BCUT2D eigenvalue weighted by Crippen LogP contribution is -2.69. The summed E-state index contributed by atoms with van der Waals surface area (Å²) < 4.78 is 69.2. The van der Waals surface area contributed by atoms with Crippen LogP contribution < -0.4 is 5.48 Å². The van der Waals surface area contributed by atoms with E-state index in [1.807, 2.05) is 0 Å². The van der Waals surface area contributed by atoms with Gasteiger partial charge in [-0.15, -0.1) is 0 Å². The smallest absolute Gasteiger partial charge is 0.274 e. The number of hydrogen-bond acceptors (Lipinski definition) is 31. The third-order valence-corrected chi connectivity index (χ3v) is 14.0. The molecule has 75 heavy (non-hydrogen) atoms. The maximum Gasteiger partial charge on any atom is 0.274 e. The molecular weight excluding hydrogens is 1030 g/mol. The minimum atomic E-state index is -2.21. The molecule has 1 aromatic rings. The van der Waals surface area contributed by atoms with Crippen molar-refractivity contribution in [3.63, 3.8) is 0 Å². The van der Waals surface area contributed by atoms with Crippen LogP contribution in [0.25, 0.3) is 0 Å². The minimum Gasteiger partial charge on any atom is -0.394 e. The molecule has 0 unspecified atom stereocenters. The molecule has 0 radical (unpaired) electrons. The Balaban J connectivity index is 1.12. The first kappa shape index (κ1) is 58.6. The molecule has 0 aromatic heterocycles. The number of hydrogen-bond donors (Lipinski definition) is 18. The summed E-state index contributed by atoms with van der Waals surface area (Å²) in [5, 5.41) is 188. The Morgan fingerprint density at radius 3 is 0.853 bits per heavy atom. The van der Waals surface area contributed by atoms with Crippen LogP contribution in [0.3, 0.4) is 0 Å². The minimum absolute atomic E-state index is 0.0475. The van der Waals surface area contributed by atoms with Crippen molar-refractivity contribution in [2.75, 3.05) is 39.6 Å². The van der Waals surface area contributed by atoms with Gasteiger partial charge in [0.25, 0.3) is 5.91 Å². The highest BCUT2D eigenvalue weighted by Crippen LogP contribution is 2.38. The van der Waals surface area contributed by atoms with Crippen molar-refractivity contribution in [3.8, 4) is 0 Å². The number of benzene rings is 1. The summed E-state index contributed by atoms with van der Waals surface area (Å²) in [4.78, 5) is 18.9. The molecule has 0 saturated carbocycles. The summed E-state index contributed by atoms with van der Waals surface area (Å²) in [7, 11) is 0. The fourth-order valence-electron chi connectivity index (χ4n) is 9.82. The second-order valence-electron chi connectivity index (χ2n) is 18.7. The third kappa shape index (κ3) is 11.9. The second-order valence-corrected chi connectivity index (χ2v) is 18.7. The van der Waals surface area contributed by atoms with Gasteiger partial charge in [0.2, 0.25) is 0 Å². The lowest BCUT2D eigenvalue weighted by Gasteiger charge is -2.51. The van der Waals surface area contributed by atoms with Crippen LogP contribution in [0.5, 0.6) is 0 Å². The summed E-state index contributed by atoms with van der Waals surface area (Å²) in [5.74, 6) is -0.886. The zero-order chi connectivity index (χ0) is 54.2. The molecule has 32 nitrogen and oxygen atoms in total. The normalized spacial score (nSPS) is 50.0. The number of nitrogens with one attached hydrogen (secondary N) is 1. The third-order valence-electron chi connectivity index (χ3n) is 14.0. The molecule has 428 valence electrons. The average molecular weight is 1090 g/mol. The van der Waals surface area contributed by atoms with Crippen LogP contribution in [0.1, 0.15) is 10.4 Å². The van der Waals surface area contributed by atoms with Crippen LogP contribution >= 0.6 is 0 Å². The van der Waals surface area contributed by atoms with Crippen LogP contribution in [-0.2, 0) is 61.7 Å². The lowest BCUT2D eigenvalue weighted by atomic mass is 9.94. The van der Waals surface area contributed by atoms with Crippen molar-refractivity contribution in [3.05, 3.63) is 35.9 Å². The van der Waals surface area contributed by atoms with Gasteiger partial charge in [-0.05, 0) is 12.1 Å². The highest BCUT2D eigenvalue weighted by atomic mass is 16.8. The maximum absolute atomic E-state index is 13.2. The molecule has 23 rings (SSSR count). The van der Waals surface area contributed by atoms with Crippen LogP contribution in [-0.4, -0.2) is 317 Å². The van der Waals surface area contributed by atoms with Gasteiger partial charge in [-0.1, -0.05) is 18.2 Å². The van der Waals surface area contributed by atoms with Crippen molar-refractivity contribution in [1.29, 1.82) is 0 Å². The van der Waals surface area contributed by atoms with E-state index in [4.69, 9.17) is 61.7 Å². The topological polar surface area (TPSA) is 493 Å². The second kappa shape index (κ2) is 25.3. The number of amides is 1. The van der Waals surface area contributed by atoms with Crippen LogP contribution in [0, 0.1) is 0 Å². The molecule has 22 saturated heterocycles. The predicted octanol–water partition coefficient (Wildman–Crippen LogP) is -11.7. The van der Waals surface area contributed by atoms with E-state index in [9.17, 15) is 91.6 Å². The Morgan fingerprint density at radius 1 is 0.347 bits per heavy atom. The number of hydroxylamine groups is 1. The summed E-state index contributed by atoms with van der Waals surface area (Å²) in [6, 6.07) is 7.45. The van der Waals surface area contributed by atoms with E-state index >= 15 is 0 Å². The van der Waals surface area contributed by atoms with Gasteiger partial charge in [-0.25, -0.2) is 5.48 Å².